The normalized spacial score (nSPS) is 12.3. The Morgan fingerprint density at radius 3 is 2.53 bits per heavy atom. The van der Waals surface area contributed by atoms with Crippen LogP contribution in [0, 0.1) is 5.82 Å². The quantitative estimate of drug-likeness (QED) is 0.845. The van der Waals surface area contributed by atoms with Crippen molar-refractivity contribution >= 4 is 27.5 Å². The van der Waals surface area contributed by atoms with Crippen LogP contribution in [0.15, 0.2) is 40.9 Å². The van der Waals surface area contributed by atoms with Crippen LogP contribution in [0.25, 0.3) is 0 Å². The summed E-state index contributed by atoms with van der Waals surface area (Å²) in [6, 6.07) is 9.19. The van der Waals surface area contributed by atoms with Gasteiger partial charge in [0.15, 0.2) is 0 Å². The van der Waals surface area contributed by atoms with E-state index in [1.165, 1.54) is 12.1 Å². The molecule has 1 atom stereocenters. The maximum Gasteiger partial charge on any atom is 0.146 e. The summed E-state index contributed by atoms with van der Waals surface area (Å²) in [6.07, 6.45) is 0. The molecule has 0 radical (unpaired) electrons. The molecule has 0 aliphatic carbocycles. The monoisotopic (exact) mass is 343 g/mol. The van der Waals surface area contributed by atoms with E-state index in [0.717, 1.165) is 4.47 Å². The average molecular weight is 345 g/mol. The van der Waals surface area contributed by atoms with Gasteiger partial charge >= 0.3 is 0 Å². The maximum atomic E-state index is 13.2. The van der Waals surface area contributed by atoms with Gasteiger partial charge in [0.2, 0.25) is 0 Å². The first-order valence-electron chi connectivity index (χ1n) is 5.65. The molecule has 0 spiro atoms. The Morgan fingerprint density at radius 1 is 1.21 bits per heavy atom. The third-order valence-electron chi connectivity index (χ3n) is 2.58. The summed E-state index contributed by atoms with van der Waals surface area (Å²) >= 11 is 9.40. The van der Waals surface area contributed by atoms with Gasteiger partial charge in [-0.25, -0.2) is 4.39 Å². The van der Waals surface area contributed by atoms with Crippen LogP contribution in [0.4, 0.5) is 4.39 Å². The third-order valence-corrected chi connectivity index (χ3v) is 3.36. The lowest BCUT2D eigenvalue weighted by molar-refractivity contribution is 0.469. The van der Waals surface area contributed by atoms with Gasteiger partial charge in [0.05, 0.1) is 5.02 Å². The Bertz CT molecular complexity index is 604. The average Bonchev–Trinajstić information content (AvgIpc) is 2.34. The Labute approximate surface area is 124 Å². The molecular formula is C14H12BrClFNO. The van der Waals surface area contributed by atoms with Crippen molar-refractivity contribution in [2.24, 2.45) is 5.73 Å². The van der Waals surface area contributed by atoms with Crippen molar-refractivity contribution in [3.8, 4) is 11.5 Å². The number of ether oxygens (including phenoxy) is 1. The summed E-state index contributed by atoms with van der Waals surface area (Å²) in [5.74, 6) is 0.653. The molecule has 19 heavy (non-hydrogen) atoms. The van der Waals surface area contributed by atoms with Gasteiger partial charge in [-0.3, -0.25) is 0 Å². The maximum absolute atomic E-state index is 13.2. The number of halogens is 3. The highest BCUT2D eigenvalue weighted by molar-refractivity contribution is 9.10. The van der Waals surface area contributed by atoms with E-state index in [0.29, 0.717) is 22.1 Å². The molecule has 0 aromatic heterocycles. The smallest absolute Gasteiger partial charge is 0.146 e. The molecule has 2 aromatic carbocycles. The van der Waals surface area contributed by atoms with Gasteiger partial charge in [0.1, 0.15) is 17.3 Å². The van der Waals surface area contributed by atoms with Crippen LogP contribution in [-0.2, 0) is 0 Å². The molecule has 2 aromatic rings. The number of nitrogens with two attached hydrogens (primary N) is 1. The fourth-order valence-electron chi connectivity index (χ4n) is 1.64. The summed E-state index contributed by atoms with van der Waals surface area (Å²) in [5, 5.41) is 0.467. The summed E-state index contributed by atoms with van der Waals surface area (Å²) in [4.78, 5) is 0. The molecule has 0 saturated heterocycles. The van der Waals surface area contributed by atoms with Crippen molar-refractivity contribution in [3.63, 3.8) is 0 Å². The third kappa shape index (κ3) is 3.47. The summed E-state index contributed by atoms with van der Waals surface area (Å²) in [7, 11) is 0. The van der Waals surface area contributed by atoms with Crippen molar-refractivity contribution in [1.82, 2.24) is 0 Å². The molecular weight excluding hydrogens is 333 g/mol. The standard InChI is InChI=1S/C14H12BrClFNO/c1-8(18)11-7-10(17)3-5-13(11)19-14-4-2-9(15)6-12(14)16/h2-8H,18H2,1H3. The summed E-state index contributed by atoms with van der Waals surface area (Å²) in [5.41, 5.74) is 6.41. The van der Waals surface area contributed by atoms with Crippen LogP contribution in [0.2, 0.25) is 5.02 Å². The minimum absolute atomic E-state index is 0.333. The molecule has 0 bridgehead atoms. The summed E-state index contributed by atoms with van der Waals surface area (Å²) in [6.45, 7) is 1.77. The summed E-state index contributed by atoms with van der Waals surface area (Å²) < 4.78 is 19.8. The van der Waals surface area contributed by atoms with Gasteiger partial charge in [-0.15, -0.1) is 0 Å². The van der Waals surface area contributed by atoms with Crippen LogP contribution in [0.5, 0.6) is 11.5 Å². The van der Waals surface area contributed by atoms with Crippen LogP contribution in [0.3, 0.4) is 0 Å². The zero-order valence-electron chi connectivity index (χ0n) is 10.2. The first-order chi connectivity index (χ1) is 8.97. The van der Waals surface area contributed by atoms with Crippen molar-refractivity contribution in [2.45, 2.75) is 13.0 Å². The van der Waals surface area contributed by atoms with Crippen LogP contribution < -0.4 is 10.5 Å². The first kappa shape index (κ1) is 14.3. The lowest BCUT2D eigenvalue weighted by Crippen LogP contribution is -2.07. The second kappa shape index (κ2) is 5.90. The second-order valence-corrected chi connectivity index (χ2v) is 5.47. The van der Waals surface area contributed by atoms with Gasteiger partial charge in [0, 0.05) is 16.1 Å². The lowest BCUT2D eigenvalue weighted by Gasteiger charge is -2.14. The Kier molecular flexibility index (Phi) is 4.45. The van der Waals surface area contributed by atoms with Gasteiger partial charge in [-0.2, -0.15) is 0 Å². The number of hydrogen-bond donors (Lipinski definition) is 1. The number of hydrogen-bond acceptors (Lipinski definition) is 2. The molecule has 5 heteroatoms. The second-order valence-electron chi connectivity index (χ2n) is 4.15. The van der Waals surface area contributed by atoms with Gasteiger partial charge in [-0.1, -0.05) is 27.5 Å². The SMILES string of the molecule is CC(N)c1cc(F)ccc1Oc1ccc(Br)cc1Cl. The Hall–Kier alpha value is -1.10. The molecule has 0 saturated carbocycles. The molecule has 0 aliphatic rings. The predicted molar refractivity (Wildman–Crippen MR) is 78.2 cm³/mol. The zero-order chi connectivity index (χ0) is 14.0. The van der Waals surface area contributed by atoms with Crippen molar-refractivity contribution < 1.29 is 9.13 Å². The van der Waals surface area contributed by atoms with E-state index in [4.69, 9.17) is 22.1 Å². The molecule has 0 aliphatic heterocycles. The number of rotatable bonds is 3. The topological polar surface area (TPSA) is 35.2 Å². The highest BCUT2D eigenvalue weighted by atomic mass is 79.9. The van der Waals surface area contributed by atoms with Gasteiger partial charge in [-0.05, 0) is 43.3 Å². The molecule has 100 valence electrons. The predicted octanol–water partition coefficient (Wildman–Crippen LogP) is 5.05. The largest absolute Gasteiger partial charge is 0.455 e. The minimum atomic E-state index is -0.346. The Morgan fingerprint density at radius 2 is 1.89 bits per heavy atom. The highest BCUT2D eigenvalue weighted by Gasteiger charge is 2.12. The highest BCUT2D eigenvalue weighted by Crippen LogP contribution is 2.34. The molecule has 2 rings (SSSR count). The number of benzene rings is 2. The minimum Gasteiger partial charge on any atom is -0.455 e. The van der Waals surface area contributed by atoms with E-state index in [2.05, 4.69) is 15.9 Å². The van der Waals surface area contributed by atoms with Crippen LogP contribution in [0.1, 0.15) is 18.5 Å². The zero-order valence-corrected chi connectivity index (χ0v) is 12.5. The molecule has 0 fully saturated rings. The molecule has 1 unspecified atom stereocenters. The lowest BCUT2D eigenvalue weighted by atomic mass is 10.1. The van der Waals surface area contributed by atoms with E-state index < -0.39 is 0 Å². The van der Waals surface area contributed by atoms with E-state index >= 15 is 0 Å². The fraction of sp³-hybridized carbons (Fsp3) is 0.143. The molecule has 0 amide bonds. The van der Waals surface area contributed by atoms with Gasteiger partial charge < -0.3 is 10.5 Å². The van der Waals surface area contributed by atoms with Crippen LogP contribution in [-0.4, -0.2) is 0 Å². The van der Waals surface area contributed by atoms with Crippen molar-refractivity contribution in [2.75, 3.05) is 0 Å². The first-order valence-corrected chi connectivity index (χ1v) is 6.82. The van der Waals surface area contributed by atoms with Crippen molar-refractivity contribution in [1.29, 1.82) is 0 Å². The van der Waals surface area contributed by atoms with E-state index in [1.54, 1.807) is 25.1 Å². The molecule has 0 heterocycles. The van der Waals surface area contributed by atoms with E-state index in [9.17, 15) is 4.39 Å². The van der Waals surface area contributed by atoms with E-state index in [1.807, 2.05) is 6.07 Å². The molecule has 2 N–H and O–H groups in total. The van der Waals surface area contributed by atoms with E-state index in [-0.39, 0.29) is 11.9 Å². The molecule has 2 nitrogen and oxygen atoms in total. The van der Waals surface area contributed by atoms with Crippen LogP contribution >= 0.6 is 27.5 Å². The Balaban J connectivity index is 2.38. The fourth-order valence-corrected chi connectivity index (χ4v) is 2.36. The van der Waals surface area contributed by atoms with Crippen molar-refractivity contribution in [3.05, 3.63) is 57.3 Å². The van der Waals surface area contributed by atoms with Gasteiger partial charge in [0.25, 0.3) is 0 Å².